The number of nitrogens with zero attached hydrogens (tertiary/aromatic N) is 2. The Balaban J connectivity index is 1.75. The Hall–Kier alpha value is -4.22. The number of fused-ring (bicyclic) bond motifs is 3. The summed E-state index contributed by atoms with van der Waals surface area (Å²) < 4.78 is 5.54. The standard InChI is InChI=1S/C29H24N4S/c1-4-18-21-16-17(14-15-23(21)32(3)22(18)5-2)33-24-12-8-6-10-19(24)27(30)28(33)26-20-11-7-9-13-25(20)34-29(26)31/h4-16H,1-2,30-31H2,3H3. The summed E-state index contributed by atoms with van der Waals surface area (Å²) in [7, 11) is 2.05. The van der Waals surface area contributed by atoms with Crippen LogP contribution in [-0.2, 0) is 7.05 Å². The van der Waals surface area contributed by atoms with E-state index in [1.54, 1.807) is 11.3 Å². The molecule has 5 heteroatoms. The molecule has 0 aliphatic heterocycles. The molecule has 6 aromatic rings. The molecule has 6 rings (SSSR count). The summed E-state index contributed by atoms with van der Waals surface area (Å²) in [5.74, 6) is 0. The highest BCUT2D eigenvalue weighted by Gasteiger charge is 2.23. The Morgan fingerprint density at radius 3 is 2.32 bits per heavy atom. The minimum absolute atomic E-state index is 0.731. The van der Waals surface area contributed by atoms with Crippen molar-refractivity contribution in [1.29, 1.82) is 0 Å². The molecule has 0 saturated carbocycles. The summed E-state index contributed by atoms with van der Waals surface area (Å²) in [4.78, 5) is 0. The van der Waals surface area contributed by atoms with E-state index in [1.165, 1.54) is 0 Å². The highest BCUT2D eigenvalue weighted by molar-refractivity contribution is 7.23. The van der Waals surface area contributed by atoms with E-state index < -0.39 is 0 Å². The minimum atomic E-state index is 0.731. The monoisotopic (exact) mass is 460 g/mol. The van der Waals surface area contributed by atoms with E-state index in [0.717, 1.165) is 70.8 Å². The molecule has 0 atom stereocenters. The molecule has 3 heterocycles. The molecule has 0 amide bonds. The summed E-state index contributed by atoms with van der Waals surface area (Å²) in [5.41, 5.74) is 21.4. The average molecular weight is 461 g/mol. The van der Waals surface area contributed by atoms with Gasteiger partial charge in [0, 0.05) is 55.9 Å². The Labute approximate surface area is 201 Å². The van der Waals surface area contributed by atoms with Crippen molar-refractivity contribution in [3.05, 3.63) is 91.1 Å². The maximum atomic E-state index is 6.84. The van der Waals surface area contributed by atoms with Crippen LogP contribution in [0, 0.1) is 0 Å². The molecule has 34 heavy (non-hydrogen) atoms. The van der Waals surface area contributed by atoms with E-state index in [9.17, 15) is 0 Å². The molecule has 0 aliphatic carbocycles. The predicted molar refractivity (Wildman–Crippen MR) is 150 cm³/mol. The topological polar surface area (TPSA) is 61.9 Å². The summed E-state index contributed by atoms with van der Waals surface area (Å²) in [5, 5.41) is 4.01. The van der Waals surface area contributed by atoms with Crippen LogP contribution in [0.15, 0.2) is 79.9 Å². The van der Waals surface area contributed by atoms with Crippen LogP contribution < -0.4 is 11.5 Å². The Morgan fingerprint density at radius 2 is 1.56 bits per heavy atom. The van der Waals surface area contributed by atoms with Gasteiger partial charge >= 0.3 is 0 Å². The van der Waals surface area contributed by atoms with E-state index in [0.29, 0.717) is 0 Å². The normalized spacial score (nSPS) is 11.6. The lowest BCUT2D eigenvalue weighted by atomic mass is 10.1. The van der Waals surface area contributed by atoms with Gasteiger partial charge in [-0.05, 0) is 36.4 Å². The van der Waals surface area contributed by atoms with Crippen LogP contribution in [0.1, 0.15) is 11.3 Å². The third-order valence-corrected chi connectivity index (χ3v) is 7.70. The van der Waals surface area contributed by atoms with Crippen LogP contribution in [0.3, 0.4) is 0 Å². The largest absolute Gasteiger partial charge is 0.396 e. The molecule has 0 radical (unpaired) electrons. The number of nitrogen functional groups attached to an aromatic ring is 2. The van der Waals surface area contributed by atoms with Crippen LogP contribution in [0.25, 0.3) is 61.0 Å². The van der Waals surface area contributed by atoms with Crippen molar-refractivity contribution in [3.8, 4) is 16.9 Å². The SMILES string of the molecule is C=Cc1c(C=C)n(C)c2ccc(-n3c(-c4c(N)sc5ccccc45)c(N)c4ccccc43)cc12. The number of aromatic nitrogens is 2. The van der Waals surface area contributed by atoms with Gasteiger partial charge in [0.15, 0.2) is 0 Å². The van der Waals surface area contributed by atoms with Gasteiger partial charge in [-0.15, -0.1) is 11.3 Å². The highest BCUT2D eigenvalue weighted by atomic mass is 32.1. The molecular formula is C29H24N4S. The molecule has 4 nitrogen and oxygen atoms in total. The summed E-state index contributed by atoms with van der Waals surface area (Å²) >= 11 is 1.59. The zero-order valence-electron chi connectivity index (χ0n) is 18.9. The Bertz CT molecular complexity index is 1780. The molecular weight excluding hydrogens is 436 g/mol. The first kappa shape index (κ1) is 20.4. The Morgan fingerprint density at radius 1 is 0.824 bits per heavy atom. The first-order valence-corrected chi connectivity index (χ1v) is 11.9. The second kappa shape index (κ2) is 7.40. The van der Waals surface area contributed by atoms with Crippen molar-refractivity contribution in [2.45, 2.75) is 0 Å². The van der Waals surface area contributed by atoms with Crippen molar-refractivity contribution < 1.29 is 0 Å². The van der Waals surface area contributed by atoms with Gasteiger partial charge in [0.25, 0.3) is 0 Å². The number of hydrogen-bond donors (Lipinski definition) is 2. The van der Waals surface area contributed by atoms with Crippen LogP contribution >= 0.6 is 11.3 Å². The number of aryl methyl sites for hydroxylation is 1. The van der Waals surface area contributed by atoms with E-state index in [4.69, 9.17) is 11.5 Å². The van der Waals surface area contributed by atoms with E-state index in [-0.39, 0.29) is 0 Å². The van der Waals surface area contributed by atoms with Gasteiger partial charge in [-0.3, -0.25) is 0 Å². The van der Waals surface area contributed by atoms with E-state index in [2.05, 4.69) is 71.8 Å². The van der Waals surface area contributed by atoms with Crippen LogP contribution in [0.5, 0.6) is 0 Å². The quantitative estimate of drug-likeness (QED) is 0.287. The van der Waals surface area contributed by atoms with Crippen molar-refractivity contribution in [1.82, 2.24) is 9.13 Å². The minimum Gasteiger partial charge on any atom is -0.396 e. The summed E-state index contributed by atoms with van der Waals surface area (Å²) in [6.45, 7) is 8.06. The van der Waals surface area contributed by atoms with Crippen LogP contribution in [0.4, 0.5) is 10.7 Å². The van der Waals surface area contributed by atoms with Gasteiger partial charge in [0.2, 0.25) is 0 Å². The Kier molecular flexibility index (Phi) is 4.44. The maximum Gasteiger partial charge on any atom is 0.0964 e. The fraction of sp³-hybridized carbons (Fsp3) is 0.0345. The molecule has 3 aromatic heterocycles. The summed E-state index contributed by atoms with van der Waals surface area (Å²) in [6, 6.07) is 23.1. The van der Waals surface area contributed by atoms with Crippen molar-refractivity contribution >= 4 is 66.1 Å². The zero-order valence-corrected chi connectivity index (χ0v) is 19.7. The zero-order chi connectivity index (χ0) is 23.6. The highest BCUT2D eigenvalue weighted by Crippen LogP contribution is 2.47. The number of thiophene rings is 1. The lowest BCUT2D eigenvalue weighted by Gasteiger charge is -2.13. The fourth-order valence-corrected chi connectivity index (χ4v) is 6.14. The molecule has 0 bridgehead atoms. The number of hydrogen-bond acceptors (Lipinski definition) is 3. The first-order valence-electron chi connectivity index (χ1n) is 11.1. The summed E-state index contributed by atoms with van der Waals surface area (Å²) in [6.07, 6.45) is 3.78. The van der Waals surface area contributed by atoms with Crippen molar-refractivity contribution in [2.24, 2.45) is 7.05 Å². The number of rotatable bonds is 4. The predicted octanol–water partition coefficient (Wildman–Crippen LogP) is 7.45. The molecule has 0 saturated heterocycles. The maximum absolute atomic E-state index is 6.84. The molecule has 0 spiro atoms. The number of anilines is 2. The second-order valence-electron chi connectivity index (χ2n) is 8.42. The first-order chi connectivity index (χ1) is 16.5. The second-order valence-corrected chi connectivity index (χ2v) is 9.50. The van der Waals surface area contributed by atoms with Gasteiger partial charge in [0.05, 0.1) is 21.9 Å². The van der Waals surface area contributed by atoms with Crippen LogP contribution in [-0.4, -0.2) is 9.13 Å². The number of para-hydroxylation sites is 1. The molecule has 3 aromatic carbocycles. The molecule has 0 unspecified atom stereocenters. The molecule has 166 valence electrons. The third kappa shape index (κ3) is 2.65. The van der Waals surface area contributed by atoms with Crippen molar-refractivity contribution in [2.75, 3.05) is 11.5 Å². The van der Waals surface area contributed by atoms with E-state index in [1.807, 2.05) is 36.4 Å². The van der Waals surface area contributed by atoms with Gasteiger partial charge in [-0.1, -0.05) is 55.6 Å². The third-order valence-electron chi connectivity index (χ3n) is 6.70. The number of benzene rings is 3. The molecule has 4 N–H and O–H groups in total. The van der Waals surface area contributed by atoms with Crippen LogP contribution in [0.2, 0.25) is 0 Å². The lowest BCUT2D eigenvalue weighted by Crippen LogP contribution is -2.00. The van der Waals surface area contributed by atoms with Gasteiger partial charge in [-0.25, -0.2) is 0 Å². The smallest absolute Gasteiger partial charge is 0.0964 e. The fourth-order valence-electron chi connectivity index (χ4n) is 5.17. The molecule has 0 aliphatic rings. The molecule has 0 fully saturated rings. The van der Waals surface area contributed by atoms with Gasteiger partial charge in [-0.2, -0.15) is 0 Å². The van der Waals surface area contributed by atoms with E-state index >= 15 is 0 Å². The van der Waals surface area contributed by atoms with Crippen molar-refractivity contribution in [3.63, 3.8) is 0 Å². The number of nitrogens with two attached hydrogens (primary N) is 2. The lowest BCUT2D eigenvalue weighted by molar-refractivity contribution is 0.953. The van der Waals surface area contributed by atoms with Gasteiger partial charge in [0.1, 0.15) is 0 Å². The average Bonchev–Trinajstić information content (AvgIpc) is 3.44. The van der Waals surface area contributed by atoms with Gasteiger partial charge < -0.3 is 20.6 Å².